The van der Waals surface area contributed by atoms with Gasteiger partial charge in [0.15, 0.2) is 0 Å². The molecule has 7 nitrogen and oxygen atoms in total. The molecule has 1 rings (SSSR count). The summed E-state index contributed by atoms with van der Waals surface area (Å²) in [5.41, 5.74) is 0. The molecule has 1 amide bonds. The van der Waals surface area contributed by atoms with E-state index in [1.807, 2.05) is 0 Å². The van der Waals surface area contributed by atoms with Gasteiger partial charge >= 0.3 is 5.97 Å². The Morgan fingerprint density at radius 2 is 2.10 bits per heavy atom. The van der Waals surface area contributed by atoms with E-state index in [9.17, 15) is 18.0 Å². The molecule has 0 spiro atoms. The molecule has 1 atom stereocenters. The van der Waals surface area contributed by atoms with Crippen LogP contribution in [0.5, 0.6) is 0 Å². The van der Waals surface area contributed by atoms with Crippen molar-refractivity contribution in [1.29, 1.82) is 0 Å². The van der Waals surface area contributed by atoms with Crippen molar-refractivity contribution in [2.45, 2.75) is 38.6 Å². The maximum Gasteiger partial charge on any atom is 0.305 e. The van der Waals surface area contributed by atoms with Crippen LogP contribution >= 0.6 is 0 Å². The molecule has 116 valence electrons. The third kappa shape index (κ3) is 5.09. The molecule has 0 aliphatic carbocycles. The highest BCUT2D eigenvalue weighted by atomic mass is 32.2. The summed E-state index contributed by atoms with van der Waals surface area (Å²) in [7, 11) is -3.35. The lowest BCUT2D eigenvalue weighted by Gasteiger charge is -2.21. The molecule has 1 unspecified atom stereocenters. The molecule has 1 heterocycles. The summed E-state index contributed by atoms with van der Waals surface area (Å²) in [4.78, 5) is 23.0. The summed E-state index contributed by atoms with van der Waals surface area (Å²) in [5.74, 6) is -0.586. The van der Waals surface area contributed by atoms with E-state index < -0.39 is 16.1 Å². The van der Waals surface area contributed by atoms with Crippen molar-refractivity contribution in [1.82, 2.24) is 9.62 Å². The monoisotopic (exact) mass is 306 g/mol. The second kappa shape index (κ2) is 7.58. The quantitative estimate of drug-likeness (QED) is 0.522. The zero-order chi connectivity index (χ0) is 15.2. The van der Waals surface area contributed by atoms with Crippen molar-refractivity contribution in [3.8, 4) is 0 Å². The third-order valence-corrected chi connectivity index (χ3v) is 4.38. The van der Waals surface area contributed by atoms with E-state index in [1.165, 1.54) is 4.31 Å². The van der Waals surface area contributed by atoms with Gasteiger partial charge in [0.05, 0.1) is 12.9 Å². The van der Waals surface area contributed by atoms with E-state index >= 15 is 0 Å². The van der Waals surface area contributed by atoms with Gasteiger partial charge in [0.2, 0.25) is 15.9 Å². The third-order valence-electron chi connectivity index (χ3n) is 3.09. The van der Waals surface area contributed by atoms with Gasteiger partial charge in [-0.05, 0) is 26.2 Å². The predicted molar refractivity (Wildman–Crippen MR) is 73.4 cm³/mol. The standard InChI is InChI=1S/C12H22N2O5S/c1-3-19-11(15)7-4-8-13-12(16)10-6-5-9-14(10)20(2,17)18/h10H,3-9H2,1-2H3,(H,13,16). The molecule has 8 heteroatoms. The first-order valence-corrected chi connectivity index (χ1v) is 8.61. The van der Waals surface area contributed by atoms with Gasteiger partial charge in [-0.15, -0.1) is 0 Å². The fourth-order valence-corrected chi connectivity index (χ4v) is 3.32. The molecule has 1 aliphatic rings. The summed E-state index contributed by atoms with van der Waals surface area (Å²) < 4.78 is 29.0. The lowest BCUT2D eigenvalue weighted by atomic mass is 10.2. The van der Waals surface area contributed by atoms with Gasteiger partial charge < -0.3 is 10.1 Å². The smallest absolute Gasteiger partial charge is 0.305 e. The molecule has 0 aromatic heterocycles. The molecular weight excluding hydrogens is 284 g/mol. The number of carbonyl (C=O) groups excluding carboxylic acids is 2. The lowest BCUT2D eigenvalue weighted by molar-refractivity contribution is -0.143. The van der Waals surface area contributed by atoms with Gasteiger partial charge in [-0.25, -0.2) is 8.42 Å². The number of nitrogens with zero attached hydrogens (tertiary/aromatic N) is 1. The second-order valence-electron chi connectivity index (χ2n) is 4.73. The number of carbonyl (C=O) groups is 2. The summed E-state index contributed by atoms with van der Waals surface area (Å²) in [6.07, 6.45) is 3.06. The van der Waals surface area contributed by atoms with E-state index in [1.54, 1.807) is 6.92 Å². The number of hydrogen-bond acceptors (Lipinski definition) is 5. The fourth-order valence-electron chi connectivity index (χ4n) is 2.19. The largest absolute Gasteiger partial charge is 0.466 e. The van der Waals surface area contributed by atoms with Crippen LogP contribution in [0.15, 0.2) is 0 Å². The number of amides is 1. The Morgan fingerprint density at radius 1 is 1.40 bits per heavy atom. The van der Waals surface area contributed by atoms with E-state index in [-0.39, 0.29) is 18.3 Å². The summed E-state index contributed by atoms with van der Waals surface area (Å²) in [6.45, 7) is 2.81. The first-order valence-electron chi connectivity index (χ1n) is 6.76. The Hall–Kier alpha value is -1.15. The van der Waals surface area contributed by atoms with E-state index in [4.69, 9.17) is 4.74 Å². The molecule has 1 aliphatic heterocycles. The van der Waals surface area contributed by atoms with Crippen LogP contribution in [-0.4, -0.2) is 56.6 Å². The summed E-state index contributed by atoms with van der Waals surface area (Å²) in [5, 5.41) is 2.67. The minimum absolute atomic E-state index is 0.245. The van der Waals surface area contributed by atoms with Crippen molar-refractivity contribution in [2.24, 2.45) is 0 Å². The van der Waals surface area contributed by atoms with E-state index in [0.29, 0.717) is 39.0 Å². The number of sulfonamides is 1. The highest BCUT2D eigenvalue weighted by Crippen LogP contribution is 2.20. The number of esters is 1. The minimum Gasteiger partial charge on any atom is -0.466 e. The molecule has 1 N–H and O–H groups in total. The minimum atomic E-state index is -3.35. The highest BCUT2D eigenvalue weighted by molar-refractivity contribution is 7.88. The van der Waals surface area contributed by atoms with Crippen LogP contribution in [0.3, 0.4) is 0 Å². The molecule has 1 fully saturated rings. The predicted octanol–water partition coefficient (Wildman–Crippen LogP) is -0.130. The molecule has 0 aromatic carbocycles. The molecule has 0 saturated carbocycles. The van der Waals surface area contributed by atoms with Crippen LogP contribution in [0.25, 0.3) is 0 Å². The average molecular weight is 306 g/mol. The van der Waals surface area contributed by atoms with Gasteiger partial charge in [0.1, 0.15) is 6.04 Å². The van der Waals surface area contributed by atoms with Crippen LogP contribution in [0.2, 0.25) is 0 Å². The van der Waals surface area contributed by atoms with Crippen LogP contribution in [0, 0.1) is 0 Å². The van der Waals surface area contributed by atoms with Crippen molar-refractivity contribution in [3.63, 3.8) is 0 Å². The average Bonchev–Trinajstić information content (AvgIpc) is 2.83. The van der Waals surface area contributed by atoms with Gasteiger partial charge in [-0.1, -0.05) is 0 Å². The maximum absolute atomic E-state index is 11.9. The summed E-state index contributed by atoms with van der Waals surface area (Å²) >= 11 is 0. The molecule has 1 saturated heterocycles. The number of hydrogen-bond donors (Lipinski definition) is 1. The van der Waals surface area contributed by atoms with Gasteiger partial charge in [0, 0.05) is 19.5 Å². The van der Waals surface area contributed by atoms with Gasteiger partial charge in [-0.3, -0.25) is 9.59 Å². The molecule has 0 aromatic rings. The first kappa shape index (κ1) is 16.9. The molecule has 0 radical (unpaired) electrons. The Balaban J connectivity index is 2.34. The Labute approximate surface area is 119 Å². The van der Waals surface area contributed by atoms with Crippen molar-refractivity contribution >= 4 is 21.9 Å². The summed E-state index contributed by atoms with van der Waals surface area (Å²) in [6, 6.07) is -0.618. The zero-order valence-corrected chi connectivity index (χ0v) is 12.7. The number of ether oxygens (including phenoxy) is 1. The van der Waals surface area contributed by atoms with E-state index in [0.717, 1.165) is 6.26 Å². The maximum atomic E-state index is 11.9. The van der Waals surface area contributed by atoms with Crippen molar-refractivity contribution in [2.75, 3.05) is 26.0 Å². The fraction of sp³-hybridized carbons (Fsp3) is 0.833. The molecule has 20 heavy (non-hydrogen) atoms. The van der Waals surface area contributed by atoms with Crippen molar-refractivity contribution < 1.29 is 22.7 Å². The zero-order valence-electron chi connectivity index (χ0n) is 11.9. The Bertz CT molecular complexity index is 449. The highest BCUT2D eigenvalue weighted by Gasteiger charge is 2.36. The number of nitrogens with one attached hydrogen (secondary N) is 1. The van der Waals surface area contributed by atoms with Crippen LogP contribution in [-0.2, 0) is 24.3 Å². The van der Waals surface area contributed by atoms with Gasteiger partial charge in [-0.2, -0.15) is 4.31 Å². The van der Waals surface area contributed by atoms with E-state index in [2.05, 4.69) is 5.32 Å². The van der Waals surface area contributed by atoms with Crippen molar-refractivity contribution in [3.05, 3.63) is 0 Å². The number of rotatable bonds is 7. The topological polar surface area (TPSA) is 92.8 Å². The van der Waals surface area contributed by atoms with Crippen LogP contribution in [0.1, 0.15) is 32.6 Å². The Morgan fingerprint density at radius 3 is 2.70 bits per heavy atom. The molecule has 0 bridgehead atoms. The molecular formula is C12H22N2O5S. The van der Waals surface area contributed by atoms with Gasteiger partial charge in [0.25, 0.3) is 0 Å². The normalized spacial score (nSPS) is 19.8. The van der Waals surface area contributed by atoms with Crippen LogP contribution in [0.4, 0.5) is 0 Å². The second-order valence-corrected chi connectivity index (χ2v) is 6.67. The first-order chi connectivity index (χ1) is 9.36. The SMILES string of the molecule is CCOC(=O)CCCNC(=O)C1CCCN1S(C)(=O)=O. The van der Waals surface area contributed by atoms with Crippen LogP contribution < -0.4 is 5.32 Å². The lowest BCUT2D eigenvalue weighted by Crippen LogP contribution is -2.45. The Kier molecular flexibility index (Phi) is 6.41.